The predicted molar refractivity (Wildman–Crippen MR) is 108 cm³/mol. The van der Waals surface area contributed by atoms with Crippen LogP contribution in [0.2, 0.25) is 10.0 Å². The Bertz CT molecular complexity index is 956. The molecule has 7 heteroatoms. The SMILES string of the molecule is Cc1ccc(C)c(OCC(=O)Nc2nc(-c3ccc(Cl)cc3Cl)cs2)c1. The van der Waals surface area contributed by atoms with Crippen molar-refractivity contribution in [1.82, 2.24) is 4.98 Å². The fraction of sp³-hybridized carbons (Fsp3) is 0.158. The number of aryl methyl sites for hydroxylation is 2. The largest absolute Gasteiger partial charge is 0.483 e. The van der Waals surface area contributed by atoms with E-state index >= 15 is 0 Å². The van der Waals surface area contributed by atoms with Gasteiger partial charge in [-0.1, -0.05) is 35.3 Å². The van der Waals surface area contributed by atoms with Gasteiger partial charge in [0, 0.05) is 16.0 Å². The van der Waals surface area contributed by atoms with Crippen LogP contribution in [0, 0.1) is 13.8 Å². The van der Waals surface area contributed by atoms with Crippen LogP contribution in [0.5, 0.6) is 5.75 Å². The lowest BCUT2D eigenvalue weighted by atomic mass is 10.1. The molecule has 0 aliphatic heterocycles. The molecule has 4 nitrogen and oxygen atoms in total. The number of amides is 1. The van der Waals surface area contributed by atoms with E-state index in [0.717, 1.165) is 16.7 Å². The molecule has 1 heterocycles. The summed E-state index contributed by atoms with van der Waals surface area (Å²) in [7, 11) is 0. The van der Waals surface area contributed by atoms with Gasteiger partial charge in [0.15, 0.2) is 11.7 Å². The third kappa shape index (κ3) is 4.55. The highest BCUT2D eigenvalue weighted by molar-refractivity contribution is 7.14. The van der Waals surface area contributed by atoms with Crippen molar-refractivity contribution in [3.63, 3.8) is 0 Å². The van der Waals surface area contributed by atoms with E-state index in [2.05, 4.69) is 10.3 Å². The maximum atomic E-state index is 12.1. The second-order valence-corrected chi connectivity index (χ2v) is 7.47. The highest BCUT2D eigenvalue weighted by atomic mass is 35.5. The Hall–Kier alpha value is -2.08. The maximum absolute atomic E-state index is 12.1. The first-order valence-corrected chi connectivity index (χ1v) is 9.47. The summed E-state index contributed by atoms with van der Waals surface area (Å²) >= 11 is 13.4. The number of carbonyl (C=O) groups excluding carboxylic acids is 1. The van der Waals surface area contributed by atoms with Gasteiger partial charge in [-0.3, -0.25) is 10.1 Å². The minimum Gasteiger partial charge on any atom is -0.483 e. The lowest BCUT2D eigenvalue weighted by molar-refractivity contribution is -0.118. The number of benzene rings is 2. The van der Waals surface area contributed by atoms with E-state index in [1.807, 2.05) is 37.4 Å². The van der Waals surface area contributed by atoms with Crippen LogP contribution < -0.4 is 10.1 Å². The highest BCUT2D eigenvalue weighted by Gasteiger charge is 2.12. The van der Waals surface area contributed by atoms with Crippen molar-refractivity contribution < 1.29 is 9.53 Å². The second kappa shape index (κ2) is 8.08. The van der Waals surface area contributed by atoms with Gasteiger partial charge in [0.05, 0.1) is 10.7 Å². The molecule has 0 saturated heterocycles. The Labute approximate surface area is 165 Å². The standard InChI is InChI=1S/C19H16Cl2N2O2S/c1-11-3-4-12(2)17(7-11)25-9-18(24)23-19-22-16(10-26-19)14-6-5-13(20)8-15(14)21/h3-8,10H,9H2,1-2H3,(H,22,23,24). The highest BCUT2D eigenvalue weighted by Crippen LogP contribution is 2.32. The van der Waals surface area contributed by atoms with Gasteiger partial charge in [-0.25, -0.2) is 4.98 Å². The van der Waals surface area contributed by atoms with E-state index in [-0.39, 0.29) is 12.5 Å². The number of anilines is 1. The fourth-order valence-corrected chi connectivity index (χ4v) is 3.55. The monoisotopic (exact) mass is 406 g/mol. The number of rotatable bonds is 5. The van der Waals surface area contributed by atoms with E-state index in [4.69, 9.17) is 27.9 Å². The molecule has 0 bridgehead atoms. The van der Waals surface area contributed by atoms with Crippen molar-refractivity contribution >= 4 is 45.6 Å². The molecule has 0 unspecified atom stereocenters. The van der Waals surface area contributed by atoms with Gasteiger partial charge < -0.3 is 4.74 Å². The first-order chi connectivity index (χ1) is 12.4. The molecular weight excluding hydrogens is 391 g/mol. The molecule has 134 valence electrons. The molecule has 0 radical (unpaired) electrons. The molecule has 26 heavy (non-hydrogen) atoms. The fourth-order valence-electron chi connectivity index (χ4n) is 2.31. The zero-order valence-corrected chi connectivity index (χ0v) is 16.5. The molecule has 3 aromatic rings. The number of aromatic nitrogens is 1. The number of carbonyl (C=O) groups is 1. The van der Waals surface area contributed by atoms with E-state index in [1.54, 1.807) is 18.2 Å². The first-order valence-electron chi connectivity index (χ1n) is 7.83. The van der Waals surface area contributed by atoms with Crippen LogP contribution in [0.3, 0.4) is 0 Å². The zero-order chi connectivity index (χ0) is 18.7. The lowest BCUT2D eigenvalue weighted by Gasteiger charge is -2.09. The van der Waals surface area contributed by atoms with Crippen LogP contribution in [0.1, 0.15) is 11.1 Å². The van der Waals surface area contributed by atoms with Crippen LogP contribution in [-0.2, 0) is 4.79 Å². The quantitative estimate of drug-likeness (QED) is 0.586. The van der Waals surface area contributed by atoms with Crippen molar-refractivity contribution in [2.75, 3.05) is 11.9 Å². The average molecular weight is 407 g/mol. The number of nitrogens with zero attached hydrogens (tertiary/aromatic N) is 1. The molecule has 0 aliphatic rings. The summed E-state index contributed by atoms with van der Waals surface area (Å²) in [5.74, 6) is 0.432. The Morgan fingerprint density at radius 1 is 1.19 bits per heavy atom. The number of hydrogen-bond donors (Lipinski definition) is 1. The van der Waals surface area contributed by atoms with E-state index in [1.165, 1.54) is 11.3 Å². The van der Waals surface area contributed by atoms with Gasteiger partial charge >= 0.3 is 0 Å². The lowest BCUT2D eigenvalue weighted by Crippen LogP contribution is -2.20. The van der Waals surface area contributed by atoms with Gasteiger partial charge in [0.1, 0.15) is 5.75 Å². The van der Waals surface area contributed by atoms with E-state index < -0.39 is 0 Å². The Morgan fingerprint density at radius 2 is 2.00 bits per heavy atom. The van der Waals surface area contributed by atoms with Crippen molar-refractivity contribution in [1.29, 1.82) is 0 Å². The summed E-state index contributed by atoms with van der Waals surface area (Å²) in [5, 5.41) is 6.13. The first kappa shape index (κ1) is 18.7. The zero-order valence-electron chi connectivity index (χ0n) is 14.2. The number of ether oxygens (including phenoxy) is 1. The summed E-state index contributed by atoms with van der Waals surface area (Å²) in [6.07, 6.45) is 0. The third-order valence-electron chi connectivity index (χ3n) is 3.66. The van der Waals surface area contributed by atoms with Crippen LogP contribution in [0.4, 0.5) is 5.13 Å². The summed E-state index contributed by atoms with van der Waals surface area (Å²) < 4.78 is 5.60. The van der Waals surface area contributed by atoms with E-state index in [9.17, 15) is 4.79 Å². The van der Waals surface area contributed by atoms with Gasteiger partial charge in [0.25, 0.3) is 5.91 Å². The normalized spacial score (nSPS) is 10.6. The Morgan fingerprint density at radius 3 is 2.77 bits per heavy atom. The summed E-state index contributed by atoms with van der Waals surface area (Å²) in [5.41, 5.74) is 3.51. The van der Waals surface area contributed by atoms with Crippen molar-refractivity contribution in [3.8, 4) is 17.0 Å². The minimum absolute atomic E-state index is 0.0824. The molecule has 1 N–H and O–H groups in total. The van der Waals surface area contributed by atoms with Crippen LogP contribution in [0.15, 0.2) is 41.8 Å². The summed E-state index contributed by atoms with van der Waals surface area (Å²) in [4.78, 5) is 16.5. The Balaban J connectivity index is 1.63. The number of halogens is 2. The smallest absolute Gasteiger partial charge is 0.264 e. The molecule has 0 atom stereocenters. The van der Waals surface area contributed by atoms with Gasteiger partial charge in [-0.2, -0.15) is 0 Å². The molecule has 3 rings (SSSR count). The molecule has 2 aromatic carbocycles. The number of thiazole rings is 1. The third-order valence-corrected chi connectivity index (χ3v) is 4.97. The van der Waals surface area contributed by atoms with Crippen LogP contribution >= 0.6 is 34.5 Å². The van der Waals surface area contributed by atoms with Gasteiger partial charge in [-0.15, -0.1) is 11.3 Å². The molecule has 1 amide bonds. The van der Waals surface area contributed by atoms with Crippen LogP contribution in [0.25, 0.3) is 11.3 Å². The Kier molecular flexibility index (Phi) is 5.81. The van der Waals surface area contributed by atoms with Crippen LogP contribution in [-0.4, -0.2) is 17.5 Å². The molecule has 0 spiro atoms. The topological polar surface area (TPSA) is 51.2 Å². The molecule has 0 fully saturated rings. The van der Waals surface area contributed by atoms with Gasteiger partial charge in [-0.05, 0) is 49.2 Å². The molecular formula is C19H16Cl2N2O2S. The average Bonchev–Trinajstić information content (AvgIpc) is 3.03. The van der Waals surface area contributed by atoms with E-state index in [0.29, 0.717) is 26.6 Å². The van der Waals surface area contributed by atoms with Crippen molar-refractivity contribution in [3.05, 3.63) is 63.0 Å². The van der Waals surface area contributed by atoms with Crippen molar-refractivity contribution in [2.24, 2.45) is 0 Å². The second-order valence-electron chi connectivity index (χ2n) is 5.77. The number of hydrogen-bond acceptors (Lipinski definition) is 4. The minimum atomic E-state index is -0.269. The molecule has 0 saturated carbocycles. The maximum Gasteiger partial charge on any atom is 0.264 e. The molecule has 0 aliphatic carbocycles. The molecule has 1 aromatic heterocycles. The van der Waals surface area contributed by atoms with Crippen molar-refractivity contribution in [2.45, 2.75) is 13.8 Å². The number of nitrogens with one attached hydrogen (secondary N) is 1. The predicted octanol–water partition coefficient (Wildman–Crippen LogP) is 5.75. The van der Waals surface area contributed by atoms with Gasteiger partial charge in [0.2, 0.25) is 0 Å². The summed E-state index contributed by atoms with van der Waals surface area (Å²) in [6.45, 7) is 3.84. The summed E-state index contributed by atoms with van der Waals surface area (Å²) in [6, 6.07) is 11.1.